The van der Waals surface area contributed by atoms with Crippen LogP contribution in [0.4, 0.5) is 0 Å². The molecule has 29 heavy (non-hydrogen) atoms. The van der Waals surface area contributed by atoms with Crippen molar-refractivity contribution in [3.8, 4) is 0 Å². The number of halogens is 1. The largest absolute Gasteiger partial charge is 0.286 e. The molecule has 1 saturated carbocycles. The Morgan fingerprint density at radius 3 is 2.00 bits per heavy atom. The van der Waals surface area contributed by atoms with Gasteiger partial charge in [-0.3, -0.25) is 4.55 Å². The summed E-state index contributed by atoms with van der Waals surface area (Å²) in [6.45, 7) is 0.479. The van der Waals surface area contributed by atoms with Gasteiger partial charge in [-0.1, -0.05) is 54.8 Å². The number of nitrogens with one attached hydrogen (secondary N) is 1. The Balaban J connectivity index is 0.000000537. The molecule has 3 rings (SSSR count). The third-order valence-electron chi connectivity index (χ3n) is 4.85. The van der Waals surface area contributed by atoms with E-state index in [2.05, 4.69) is 16.9 Å². The van der Waals surface area contributed by atoms with Crippen molar-refractivity contribution in [1.29, 1.82) is 0 Å². The zero-order chi connectivity index (χ0) is 21.5. The minimum Gasteiger partial charge on any atom is -0.286 e. The van der Waals surface area contributed by atoms with E-state index in [0.29, 0.717) is 17.8 Å². The van der Waals surface area contributed by atoms with Crippen molar-refractivity contribution in [1.82, 2.24) is 4.72 Å². The molecule has 2 N–H and O–H groups in total. The Bertz CT molecular complexity index is 977. The van der Waals surface area contributed by atoms with Gasteiger partial charge in [-0.2, -0.15) is 8.42 Å². The summed E-state index contributed by atoms with van der Waals surface area (Å²) in [5.74, 6) is 0. The summed E-state index contributed by atoms with van der Waals surface area (Å²) in [7, 11) is -7.17. The van der Waals surface area contributed by atoms with Crippen LogP contribution in [0.3, 0.4) is 0 Å². The number of hydrogen-bond acceptors (Lipinski definition) is 4. The topological polar surface area (TPSA) is 101 Å². The fourth-order valence-electron chi connectivity index (χ4n) is 3.52. The highest BCUT2D eigenvalue weighted by atomic mass is 35.5. The first-order valence-corrected chi connectivity index (χ1v) is 12.9. The predicted molar refractivity (Wildman–Crippen MR) is 115 cm³/mol. The molecule has 9 heteroatoms. The van der Waals surface area contributed by atoms with Crippen LogP contribution in [0, 0.1) is 5.41 Å². The lowest BCUT2D eigenvalue weighted by Gasteiger charge is -2.29. The molecule has 1 aliphatic rings. The van der Waals surface area contributed by atoms with Crippen molar-refractivity contribution in [3.05, 3.63) is 65.2 Å². The molecule has 0 atom stereocenters. The van der Waals surface area contributed by atoms with Gasteiger partial charge >= 0.3 is 0 Å². The molecule has 1 aliphatic carbocycles. The quantitative estimate of drug-likeness (QED) is 0.637. The van der Waals surface area contributed by atoms with Crippen LogP contribution in [0.2, 0.25) is 5.02 Å². The first-order chi connectivity index (χ1) is 13.5. The van der Waals surface area contributed by atoms with Crippen molar-refractivity contribution in [2.24, 2.45) is 5.41 Å². The molecule has 0 aliphatic heterocycles. The van der Waals surface area contributed by atoms with Gasteiger partial charge in [0.15, 0.2) is 0 Å². The van der Waals surface area contributed by atoms with Crippen LogP contribution in [0.25, 0.3) is 0 Å². The maximum atomic E-state index is 12.5. The number of benzene rings is 2. The van der Waals surface area contributed by atoms with E-state index in [9.17, 15) is 16.8 Å². The fraction of sp³-hybridized carbons (Fsp3) is 0.400. The molecule has 2 aromatic carbocycles. The lowest BCUT2D eigenvalue weighted by Crippen LogP contribution is -2.37. The SMILES string of the molecule is CS(=O)(=O)O.O=S(=O)(NCC1(Cc2ccccc2)CCCC1)c1ccc(Cl)cc1. The molecule has 2 aromatic rings. The Kier molecular flexibility index (Phi) is 8.25. The van der Waals surface area contributed by atoms with E-state index < -0.39 is 20.1 Å². The van der Waals surface area contributed by atoms with Gasteiger partial charge in [0.2, 0.25) is 10.0 Å². The molecule has 160 valence electrons. The third kappa shape index (κ3) is 8.44. The van der Waals surface area contributed by atoms with E-state index in [0.717, 1.165) is 32.1 Å². The highest BCUT2D eigenvalue weighted by molar-refractivity contribution is 7.89. The average molecular weight is 460 g/mol. The van der Waals surface area contributed by atoms with Crippen molar-refractivity contribution in [3.63, 3.8) is 0 Å². The second kappa shape index (κ2) is 10.0. The summed E-state index contributed by atoms with van der Waals surface area (Å²) in [6, 6.07) is 16.6. The van der Waals surface area contributed by atoms with Crippen molar-refractivity contribution in [2.75, 3.05) is 12.8 Å². The van der Waals surface area contributed by atoms with Crippen LogP contribution in [0.15, 0.2) is 59.5 Å². The molecule has 0 radical (unpaired) electrons. The van der Waals surface area contributed by atoms with Gasteiger partial charge in [0.25, 0.3) is 10.1 Å². The molecule has 0 saturated heterocycles. The van der Waals surface area contributed by atoms with Gasteiger partial charge in [-0.25, -0.2) is 13.1 Å². The molecular formula is C20H26ClNO5S2. The van der Waals surface area contributed by atoms with Crippen LogP contribution in [-0.2, 0) is 26.6 Å². The van der Waals surface area contributed by atoms with Crippen LogP contribution in [0.5, 0.6) is 0 Å². The lowest BCUT2D eigenvalue weighted by atomic mass is 9.80. The summed E-state index contributed by atoms with van der Waals surface area (Å²) in [5, 5.41) is 0.533. The van der Waals surface area contributed by atoms with Crippen molar-refractivity contribution in [2.45, 2.75) is 37.0 Å². The molecule has 0 unspecified atom stereocenters. The summed E-state index contributed by atoms with van der Waals surface area (Å²) >= 11 is 5.84. The normalized spacial score (nSPS) is 16.1. The summed E-state index contributed by atoms with van der Waals surface area (Å²) in [6.07, 6.45) is 6.07. The maximum Gasteiger partial charge on any atom is 0.261 e. The number of hydrogen-bond donors (Lipinski definition) is 2. The minimum absolute atomic E-state index is 0.0147. The monoisotopic (exact) mass is 459 g/mol. The molecule has 1 fully saturated rings. The van der Waals surface area contributed by atoms with E-state index in [1.165, 1.54) is 5.56 Å². The van der Waals surface area contributed by atoms with Crippen LogP contribution >= 0.6 is 11.6 Å². The summed E-state index contributed by atoms with van der Waals surface area (Å²) < 4.78 is 53.8. The molecule has 0 aromatic heterocycles. The van der Waals surface area contributed by atoms with Gasteiger partial charge in [0, 0.05) is 11.6 Å². The Morgan fingerprint density at radius 1 is 0.966 bits per heavy atom. The average Bonchev–Trinajstić information content (AvgIpc) is 3.09. The molecule has 0 spiro atoms. The first kappa shape index (κ1) is 23.8. The van der Waals surface area contributed by atoms with Gasteiger partial charge < -0.3 is 0 Å². The first-order valence-electron chi connectivity index (χ1n) is 9.21. The zero-order valence-corrected chi connectivity index (χ0v) is 18.6. The standard InChI is InChI=1S/C19H22ClNO2S.CH4O3S/c20-17-8-10-18(11-9-17)24(22,23)21-15-19(12-4-5-13-19)14-16-6-2-1-3-7-16;1-5(2,3)4/h1-3,6-11,21H,4-5,12-15H2;1H3,(H,2,3,4). The summed E-state index contributed by atoms with van der Waals surface area (Å²) in [4.78, 5) is 0.264. The molecular weight excluding hydrogens is 434 g/mol. The van der Waals surface area contributed by atoms with E-state index in [1.807, 2.05) is 18.2 Å². The van der Waals surface area contributed by atoms with E-state index >= 15 is 0 Å². The number of sulfonamides is 1. The van der Waals surface area contributed by atoms with E-state index in [1.54, 1.807) is 24.3 Å². The Labute approximate surface area is 178 Å². The third-order valence-corrected chi connectivity index (χ3v) is 6.52. The number of rotatable bonds is 6. The second-order valence-electron chi connectivity index (χ2n) is 7.38. The van der Waals surface area contributed by atoms with Gasteiger partial charge in [-0.05, 0) is 54.5 Å². The van der Waals surface area contributed by atoms with Crippen LogP contribution in [0.1, 0.15) is 31.2 Å². The van der Waals surface area contributed by atoms with E-state index in [4.69, 9.17) is 16.2 Å². The highest BCUT2D eigenvalue weighted by Crippen LogP contribution is 2.40. The zero-order valence-electron chi connectivity index (χ0n) is 16.2. The van der Waals surface area contributed by atoms with Gasteiger partial charge in [0.1, 0.15) is 0 Å². The minimum atomic E-state index is -3.67. The fourth-order valence-corrected chi connectivity index (χ4v) is 4.80. The smallest absolute Gasteiger partial charge is 0.261 e. The second-order valence-corrected chi connectivity index (χ2v) is 11.1. The summed E-state index contributed by atoms with van der Waals surface area (Å²) in [5.41, 5.74) is 1.28. The van der Waals surface area contributed by atoms with Crippen molar-refractivity contribution >= 4 is 31.7 Å². The van der Waals surface area contributed by atoms with Gasteiger partial charge in [-0.15, -0.1) is 0 Å². The van der Waals surface area contributed by atoms with Crippen molar-refractivity contribution < 1.29 is 21.4 Å². The highest BCUT2D eigenvalue weighted by Gasteiger charge is 2.35. The van der Waals surface area contributed by atoms with Crippen LogP contribution in [-0.4, -0.2) is 34.2 Å². The molecule has 6 nitrogen and oxygen atoms in total. The molecule has 0 heterocycles. The van der Waals surface area contributed by atoms with E-state index in [-0.39, 0.29) is 10.3 Å². The van der Waals surface area contributed by atoms with Gasteiger partial charge in [0.05, 0.1) is 11.2 Å². The Hall–Kier alpha value is -1.45. The lowest BCUT2D eigenvalue weighted by molar-refractivity contribution is 0.295. The van der Waals surface area contributed by atoms with Crippen LogP contribution < -0.4 is 4.72 Å². The maximum absolute atomic E-state index is 12.5. The Morgan fingerprint density at radius 2 is 1.48 bits per heavy atom. The predicted octanol–water partition coefficient (Wildman–Crippen LogP) is 3.93. The molecule has 0 amide bonds. The molecule has 0 bridgehead atoms.